The standard InChI is InChI=1S/C27H37N5O8/c1-30(2)15-9-14(29-10-16(33)31(3)4)21(34)18-12(15)7-11-8-13-20(32(5)6)23(36)19(26(28)39)25(38)27(13,40)24(37)17(11)22(18)35/h9,11,13,17,19-20,23,29,34,36,40H,7-8,10H2,1-6H3,(H2,28,39)/t11-,13-,17?,19?,20?,23?,27-/m1/s1. The zero-order chi connectivity index (χ0) is 30.0. The number of likely N-dealkylation sites (N-methyl/N-ethyl adjacent to an activating group) is 2. The van der Waals surface area contributed by atoms with E-state index < -0.39 is 70.4 Å². The number of aliphatic hydroxyl groups is 2. The number of ketones is 3. The number of phenols is 1. The fourth-order valence-electron chi connectivity index (χ4n) is 6.73. The summed E-state index contributed by atoms with van der Waals surface area (Å²) in [5.74, 6) is -9.98. The van der Waals surface area contributed by atoms with Crippen molar-refractivity contribution in [1.29, 1.82) is 0 Å². The number of amides is 2. The number of primary amides is 1. The monoisotopic (exact) mass is 559 g/mol. The smallest absolute Gasteiger partial charge is 0.241 e. The van der Waals surface area contributed by atoms with Gasteiger partial charge in [0.1, 0.15) is 11.7 Å². The number of hydrogen-bond acceptors (Lipinski definition) is 11. The van der Waals surface area contributed by atoms with Gasteiger partial charge in [-0.3, -0.25) is 24.0 Å². The van der Waals surface area contributed by atoms with E-state index in [1.165, 1.54) is 4.90 Å². The third-order valence-corrected chi connectivity index (χ3v) is 8.68. The molecule has 0 spiro atoms. The average Bonchev–Trinajstić information content (AvgIpc) is 2.84. The Bertz CT molecular complexity index is 1290. The van der Waals surface area contributed by atoms with Crippen LogP contribution in [0.4, 0.5) is 11.4 Å². The molecular weight excluding hydrogens is 522 g/mol. The Hall–Kier alpha value is -3.55. The molecule has 0 radical (unpaired) electrons. The number of anilines is 2. The Kier molecular flexibility index (Phi) is 7.45. The molecule has 0 bridgehead atoms. The van der Waals surface area contributed by atoms with Gasteiger partial charge in [0.15, 0.2) is 23.0 Å². The van der Waals surface area contributed by atoms with Gasteiger partial charge < -0.3 is 41.1 Å². The number of Topliss-reactive ketones (excluding diaryl/α,β-unsaturated/α-hetero) is 3. The van der Waals surface area contributed by atoms with Crippen molar-refractivity contribution in [2.24, 2.45) is 29.4 Å². The van der Waals surface area contributed by atoms with Gasteiger partial charge in [0.25, 0.3) is 0 Å². The van der Waals surface area contributed by atoms with E-state index in [1.54, 1.807) is 58.2 Å². The first-order valence-electron chi connectivity index (χ1n) is 13.0. The highest BCUT2D eigenvalue weighted by molar-refractivity contribution is 6.26. The van der Waals surface area contributed by atoms with Crippen LogP contribution in [0.5, 0.6) is 5.75 Å². The first kappa shape index (κ1) is 29.4. The molecule has 13 nitrogen and oxygen atoms in total. The number of carbonyl (C=O) groups excluding carboxylic acids is 5. The molecule has 2 fully saturated rings. The van der Waals surface area contributed by atoms with E-state index in [1.807, 2.05) is 0 Å². The molecule has 218 valence electrons. The van der Waals surface area contributed by atoms with Gasteiger partial charge in [-0.15, -0.1) is 0 Å². The van der Waals surface area contributed by atoms with Gasteiger partial charge in [-0.05, 0) is 44.5 Å². The third-order valence-electron chi connectivity index (χ3n) is 8.68. The summed E-state index contributed by atoms with van der Waals surface area (Å²) >= 11 is 0. The molecule has 0 heterocycles. The van der Waals surface area contributed by atoms with Crippen LogP contribution in [0.1, 0.15) is 22.3 Å². The Balaban J connectivity index is 1.84. The van der Waals surface area contributed by atoms with Crippen LogP contribution in [0.3, 0.4) is 0 Å². The number of carbonyl (C=O) groups is 5. The van der Waals surface area contributed by atoms with Crippen LogP contribution in [0.15, 0.2) is 6.07 Å². The Morgan fingerprint density at radius 1 is 1.10 bits per heavy atom. The van der Waals surface area contributed by atoms with E-state index in [9.17, 15) is 39.3 Å². The number of hydrogen-bond donors (Lipinski definition) is 5. The maximum atomic E-state index is 14.0. The summed E-state index contributed by atoms with van der Waals surface area (Å²) in [5.41, 5.74) is 3.76. The average molecular weight is 560 g/mol. The summed E-state index contributed by atoms with van der Waals surface area (Å²) in [4.78, 5) is 70.4. The molecule has 2 saturated carbocycles. The zero-order valence-corrected chi connectivity index (χ0v) is 23.5. The quantitative estimate of drug-likeness (QED) is 0.195. The molecular formula is C27H37N5O8. The molecule has 0 aromatic heterocycles. The summed E-state index contributed by atoms with van der Waals surface area (Å²) in [7, 11) is 9.85. The van der Waals surface area contributed by atoms with Crippen LogP contribution in [0, 0.1) is 23.7 Å². The number of nitrogens with zero attached hydrogens (tertiary/aromatic N) is 3. The third kappa shape index (κ3) is 4.23. The van der Waals surface area contributed by atoms with Crippen molar-refractivity contribution in [1.82, 2.24) is 9.80 Å². The molecule has 2 amide bonds. The summed E-state index contributed by atoms with van der Waals surface area (Å²) in [5, 5.41) is 36.7. The Morgan fingerprint density at radius 2 is 1.73 bits per heavy atom. The maximum Gasteiger partial charge on any atom is 0.241 e. The summed E-state index contributed by atoms with van der Waals surface area (Å²) in [6.45, 7) is -0.163. The fourth-order valence-corrected chi connectivity index (χ4v) is 6.73. The number of rotatable bonds is 6. The van der Waals surface area contributed by atoms with Crippen molar-refractivity contribution in [2.75, 3.05) is 59.0 Å². The van der Waals surface area contributed by atoms with E-state index in [4.69, 9.17) is 5.73 Å². The lowest BCUT2D eigenvalue weighted by atomic mass is 9.52. The number of fused-ring (bicyclic) bond motifs is 3. The molecule has 3 aliphatic carbocycles. The van der Waals surface area contributed by atoms with Gasteiger partial charge >= 0.3 is 0 Å². The molecule has 13 heteroatoms. The highest BCUT2D eigenvalue weighted by atomic mass is 16.3. The number of nitrogens with two attached hydrogens (primary N) is 1. The van der Waals surface area contributed by atoms with Gasteiger partial charge in [0.05, 0.1) is 29.8 Å². The number of aromatic hydroxyl groups is 1. The predicted molar refractivity (Wildman–Crippen MR) is 144 cm³/mol. The summed E-state index contributed by atoms with van der Waals surface area (Å²) in [6, 6.07) is 0.656. The molecule has 0 saturated heterocycles. The molecule has 4 rings (SSSR count). The van der Waals surface area contributed by atoms with Gasteiger partial charge in [0, 0.05) is 45.8 Å². The number of aliphatic hydroxyl groups excluding tert-OH is 1. The molecule has 6 N–H and O–H groups in total. The number of phenolic OH excluding ortho intramolecular Hbond substituents is 1. The molecule has 7 atom stereocenters. The first-order valence-corrected chi connectivity index (χ1v) is 13.0. The highest BCUT2D eigenvalue weighted by Gasteiger charge is 2.69. The maximum absolute atomic E-state index is 14.0. The van der Waals surface area contributed by atoms with E-state index in [0.29, 0.717) is 11.3 Å². The van der Waals surface area contributed by atoms with Crippen LogP contribution in [-0.4, -0.2) is 121 Å². The minimum atomic E-state index is -2.73. The van der Waals surface area contributed by atoms with Crippen molar-refractivity contribution >= 4 is 40.5 Å². The second-order valence-corrected chi connectivity index (χ2v) is 11.6. The van der Waals surface area contributed by atoms with E-state index in [0.717, 1.165) is 0 Å². The topological polar surface area (TPSA) is 194 Å². The van der Waals surface area contributed by atoms with Gasteiger partial charge in [-0.2, -0.15) is 0 Å². The minimum absolute atomic E-state index is 0.0280. The number of benzene rings is 1. The Morgan fingerprint density at radius 3 is 2.25 bits per heavy atom. The minimum Gasteiger partial charge on any atom is -0.505 e. The molecule has 40 heavy (non-hydrogen) atoms. The van der Waals surface area contributed by atoms with Gasteiger partial charge in [-0.1, -0.05) is 0 Å². The lowest BCUT2D eigenvalue weighted by molar-refractivity contribution is -0.190. The van der Waals surface area contributed by atoms with E-state index >= 15 is 0 Å². The van der Waals surface area contributed by atoms with Crippen molar-refractivity contribution in [3.63, 3.8) is 0 Å². The molecule has 1 aromatic rings. The lowest BCUT2D eigenvalue weighted by Crippen LogP contribution is -2.75. The van der Waals surface area contributed by atoms with Crippen LogP contribution < -0.4 is 16.0 Å². The van der Waals surface area contributed by atoms with Crippen LogP contribution in [0.25, 0.3) is 0 Å². The van der Waals surface area contributed by atoms with Crippen molar-refractivity contribution in [2.45, 2.75) is 30.6 Å². The van der Waals surface area contributed by atoms with E-state index in [-0.39, 0.29) is 36.5 Å². The molecule has 0 aliphatic heterocycles. The van der Waals surface area contributed by atoms with E-state index in [2.05, 4.69) is 5.32 Å². The second kappa shape index (κ2) is 10.1. The predicted octanol–water partition coefficient (Wildman–Crippen LogP) is -1.78. The zero-order valence-electron chi connectivity index (χ0n) is 23.5. The van der Waals surface area contributed by atoms with Crippen LogP contribution in [-0.2, 0) is 25.6 Å². The van der Waals surface area contributed by atoms with Gasteiger partial charge in [0.2, 0.25) is 11.8 Å². The highest BCUT2D eigenvalue weighted by Crippen LogP contribution is 2.53. The SMILES string of the molecule is CN(C)C(=O)CNc1cc(N(C)C)c2c(c1O)C(=O)C1C(=O)[C@@]3(O)C(=O)C(C(N)=O)C(O)C(N(C)C)[C@H]3C[C@H]1C2. The first-order chi connectivity index (χ1) is 18.5. The number of nitrogens with one attached hydrogen (secondary N) is 1. The Labute approximate surface area is 231 Å². The summed E-state index contributed by atoms with van der Waals surface area (Å²) in [6.07, 6.45) is -1.35. The largest absolute Gasteiger partial charge is 0.505 e. The molecule has 4 unspecified atom stereocenters. The normalized spacial score (nSPS) is 31.3. The van der Waals surface area contributed by atoms with Crippen molar-refractivity contribution in [3.05, 3.63) is 17.2 Å². The molecule has 3 aliphatic rings. The van der Waals surface area contributed by atoms with Gasteiger partial charge in [-0.25, -0.2) is 0 Å². The van der Waals surface area contributed by atoms with Crippen molar-refractivity contribution < 1.29 is 39.3 Å². The fraction of sp³-hybridized carbons (Fsp3) is 0.593. The second-order valence-electron chi connectivity index (χ2n) is 11.6. The lowest BCUT2D eigenvalue weighted by Gasteiger charge is -2.55. The molecule has 1 aromatic carbocycles. The summed E-state index contributed by atoms with van der Waals surface area (Å²) < 4.78 is 0. The van der Waals surface area contributed by atoms with Crippen LogP contribution >= 0.6 is 0 Å². The van der Waals surface area contributed by atoms with Crippen LogP contribution in [0.2, 0.25) is 0 Å². The van der Waals surface area contributed by atoms with Crippen molar-refractivity contribution in [3.8, 4) is 5.75 Å².